The van der Waals surface area contributed by atoms with Gasteiger partial charge in [0.25, 0.3) is 0 Å². The quantitative estimate of drug-likeness (QED) is 0.734. The van der Waals surface area contributed by atoms with E-state index in [1.165, 1.54) is 0 Å². The van der Waals surface area contributed by atoms with E-state index >= 15 is 0 Å². The first-order chi connectivity index (χ1) is 10.0. The molecule has 2 rings (SSSR count). The first kappa shape index (κ1) is 15.1. The van der Waals surface area contributed by atoms with E-state index < -0.39 is 5.54 Å². The van der Waals surface area contributed by atoms with Crippen LogP contribution in [0.25, 0.3) is 11.4 Å². The van der Waals surface area contributed by atoms with Crippen LogP contribution in [0.2, 0.25) is 0 Å². The second kappa shape index (κ2) is 6.45. The maximum absolute atomic E-state index is 12.0. The molecule has 0 aliphatic heterocycles. The van der Waals surface area contributed by atoms with Crippen LogP contribution in [0.4, 0.5) is 0 Å². The number of amides is 1. The molecule has 0 aliphatic rings. The van der Waals surface area contributed by atoms with Crippen molar-refractivity contribution in [1.82, 2.24) is 25.9 Å². The number of aromatic nitrogens is 4. The van der Waals surface area contributed by atoms with E-state index in [1.807, 2.05) is 31.2 Å². The zero-order valence-electron chi connectivity index (χ0n) is 12.3. The number of carbonyl (C=O) groups excluding carboxylic acids is 1. The number of nitrogens with zero attached hydrogens (tertiary/aromatic N) is 3. The van der Waals surface area contributed by atoms with Crippen LogP contribution >= 0.6 is 0 Å². The Labute approximate surface area is 123 Å². The normalized spacial score (nSPS) is 13.7. The molecule has 112 valence electrons. The van der Waals surface area contributed by atoms with Crippen molar-refractivity contribution in [3.63, 3.8) is 0 Å². The lowest BCUT2D eigenvalue weighted by Gasteiger charge is -2.22. The van der Waals surface area contributed by atoms with Crippen molar-refractivity contribution < 1.29 is 4.79 Å². The van der Waals surface area contributed by atoms with Gasteiger partial charge in [-0.2, -0.15) is 5.21 Å². The van der Waals surface area contributed by atoms with Gasteiger partial charge >= 0.3 is 0 Å². The molecule has 21 heavy (non-hydrogen) atoms. The number of hydrogen-bond donors (Lipinski definition) is 3. The van der Waals surface area contributed by atoms with Crippen LogP contribution in [0.15, 0.2) is 24.3 Å². The van der Waals surface area contributed by atoms with Crippen LogP contribution in [0.5, 0.6) is 0 Å². The van der Waals surface area contributed by atoms with Crippen LogP contribution < -0.4 is 11.1 Å². The molecular formula is C14H20N6O. The van der Waals surface area contributed by atoms with E-state index in [9.17, 15) is 4.79 Å². The number of hydrogen-bond acceptors (Lipinski definition) is 5. The molecule has 0 radical (unpaired) electrons. The maximum Gasteiger partial charge on any atom is 0.240 e. The fraction of sp³-hybridized carbons (Fsp3) is 0.429. The molecule has 7 nitrogen and oxygen atoms in total. The van der Waals surface area contributed by atoms with Gasteiger partial charge in [-0.05, 0) is 24.1 Å². The zero-order chi connectivity index (χ0) is 15.3. The lowest BCUT2D eigenvalue weighted by molar-refractivity contribution is -0.126. The van der Waals surface area contributed by atoms with Crippen molar-refractivity contribution in [1.29, 1.82) is 0 Å². The summed E-state index contributed by atoms with van der Waals surface area (Å²) in [6.07, 6.45) is 1.54. The van der Waals surface area contributed by atoms with Crippen molar-refractivity contribution in [3.8, 4) is 11.4 Å². The molecule has 0 saturated heterocycles. The highest BCUT2D eigenvalue weighted by molar-refractivity contribution is 5.85. The number of H-pyrrole nitrogens is 1. The maximum atomic E-state index is 12.0. The van der Waals surface area contributed by atoms with Crippen molar-refractivity contribution in [2.24, 2.45) is 5.73 Å². The summed E-state index contributed by atoms with van der Waals surface area (Å²) < 4.78 is 0. The molecule has 1 aromatic heterocycles. The average molecular weight is 288 g/mol. The summed E-state index contributed by atoms with van der Waals surface area (Å²) in [5.74, 6) is 0.412. The van der Waals surface area contributed by atoms with Gasteiger partial charge < -0.3 is 11.1 Å². The lowest BCUT2D eigenvalue weighted by atomic mass is 9.96. The number of aromatic amines is 1. The molecule has 0 saturated carbocycles. The summed E-state index contributed by atoms with van der Waals surface area (Å²) in [4.78, 5) is 12.0. The number of carbonyl (C=O) groups is 1. The molecule has 2 aromatic rings. The fourth-order valence-corrected chi connectivity index (χ4v) is 2.07. The molecule has 0 bridgehead atoms. The van der Waals surface area contributed by atoms with E-state index in [0.717, 1.165) is 17.5 Å². The van der Waals surface area contributed by atoms with E-state index in [4.69, 9.17) is 5.73 Å². The van der Waals surface area contributed by atoms with E-state index in [1.54, 1.807) is 6.92 Å². The molecule has 1 unspecified atom stereocenters. The van der Waals surface area contributed by atoms with Crippen LogP contribution in [0.1, 0.15) is 32.3 Å². The Balaban J connectivity index is 1.94. The van der Waals surface area contributed by atoms with Gasteiger partial charge in [0.05, 0.1) is 5.54 Å². The molecule has 4 N–H and O–H groups in total. The molecule has 1 aromatic carbocycles. The van der Waals surface area contributed by atoms with Gasteiger partial charge in [-0.1, -0.05) is 37.6 Å². The largest absolute Gasteiger partial charge is 0.350 e. The van der Waals surface area contributed by atoms with Gasteiger partial charge in [0.2, 0.25) is 11.7 Å². The molecule has 0 aliphatic carbocycles. The second-order valence-electron chi connectivity index (χ2n) is 5.28. The Kier molecular flexibility index (Phi) is 4.64. The Morgan fingerprint density at radius 3 is 2.67 bits per heavy atom. The number of nitrogens with two attached hydrogens (primary N) is 1. The predicted molar refractivity (Wildman–Crippen MR) is 79.0 cm³/mol. The third-order valence-electron chi connectivity index (χ3n) is 3.30. The topological polar surface area (TPSA) is 110 Å². The van der Waals surface area contributed by atoms with Crippen molar-refractivity contribution in [2.45, 2.75) is 38.8 Å². The highest BCUT2D eigenvalue weighted by Crippen LogP contribution is 2.14. The molecule has 1 amide bonds. The van der Waals surface area contributed by atoms with Crippen LogP contribution in [-0.2, 0) is 11.3 Å². The number of benzene rings is 1. The van der Waals surface area contributed by atoms with E-state index in [2.05, 4.69) is 25.9 Å². The number of rotatable bonds is 6. The average Bonchev–Trinajstić information content (AvgIpc) is 2.99. The predicted octanol–water partition coefficient (Wildman–Crippen LogP) is 1.00. The number of tetrazole rings is 1. The summed E-state index contributed by atoms with van der Waals surface area (Å²) in [6, 6.07) is 7.61. The third-order valence-corrected chi connectivity index (χ3v) is 3.30. The zero-order valence-corrected chi connectivity index (χ0v) is 12.3. The second-order valence-corrected chi connectivity index (χ2v) is 5.28. The first-order valence-electron chi connectivity index (χ1n) is 6.93. The third kappa shape index (κ3) is 3.85. The summed E-state index contributed by atoms with van der Waals surface area (Å²) in [5.41, 5.74) is 7.02. The van der Waals surface area contributed by atoms with Gasteiger partial charge in [0.1, 0.15) is 0 Å². The SMILES string of the molecule is CCCC(C)(N)C(=O)NCc1ccc(-c2nn[nH]n2)cc1. The van der Waals surface area contributed by atoms with Gasteiger partial charge in [-0.3, -0.25) is 4.79 Å². The van der Waals surface area contributed by atoms with E-state index in [0.29, 0.717) is 18.8 Å². The Bertz CT molecular complexity index is 576. The lowest BCUT2D eigenvalue weighted by Crippen LogP contribution is -2.51. The molecule has 0 fully saturated rings. The monoisotopic (exact) mass is 288 g/mol. The van der Waals surface area contributed by atoms with Gasteiger partial charge in [-0.15, -0.1) is 10.2 Å². The minimum atomic E-state index is -0.820. The minimum Gasteiger partial charge on any atom is -0.350 e. The molecular weight excluding hydrogens is 268 g/mol. The van der Waals surface area contributed by atoms with Gasteiger partial charge in [-0.25, -0.2) is 0 Å². The fourth-order valence-electron chi connectivity index (χ4n) is 2.07. The van der Waals surface area contributed by atoms with E-state index in [-0.39, 0.29) is 5.91 Å². The Morgan fingerprint density at radius 1 is 1.38 bits per heavy atom. The van der Waals surface area contributed by atoms with Crippen molar-refractivity contribution in [3.05, 3.63) is 29.8 Å². The van der Waals surface area contributed by atoms with Crippen molar-refractivity contribution >= 4 is 5.91 Å². The van der Waals surface area contributed by atoms with Crippen LogP contribution in [0.3, 0.4) is 0 Å². The van der Waals surface area contributed by atoms with Gasteiger partial charge in [0, 0.05) is 12.1 Å². The smallest absolute Gasteiger partial charge is 0.240 e. The van der Waals surface area contributed by atoms with Gasteiger partial charge in [0.15, 0.2) is 0 Å². The molecule has 1 atom stereocenters. The van der Waals surface area contributed by atoms with Crippen LogP contribution in [-0.4, -0.2) is 32.1 Å². The van der Waals surface area contributed by atoms with Crippen molar-refractivity contribution in [2.75, 3.05) is 0 Å². The molecule has 7 heteroatoms. The number of nitrogens with one attached hydrogen (secondary N) is 2. The molecule has 0 spiro atoms. The summed E-state index contributed by atoms with van der Waals surface area (Å²) in [7, 11) is 0. The summed E-state index contributed by atoms with van der Waals surface area (Å²) in [6.45, 7) is 4.21. The highest BCUT2D eigenvalue weighted by Gasteiger charge is 2.26. The Morgan fingerprint density at radius 2 is 2.10 bits per heavy atom. The highest BCUT2D eigenvalue weighted by atomic mass is 16.2. The summed E-state index contributed by atoms with van der Waals surface area (Å²) >= 11 is 0. The minimum absolute atomic E-state index is 0.133. The Hall–Kier alpha value is -2.28. The van der Waals surface area contributed by atoms with Crippen LogP contribution in [0, 0.1) is 0 Å². The summed E-state index contributed by atoms with van der Waals surface area (Å²) in [5, 5.41) is 16.6. The standard InChI is InChI=1S/C14H20N6O/c1-3-8-14(2,15)13(21)16-9-10-4-6-11(7-5-10)12-17-19-20-18-12/h4-7H,3,8-9,15H2,1-2H3,(H,16,21)(H,17,18,19,20). The molecule has 1 heterocycles. The first-order valence-corrected chi connectivity index (χ1v) is 6.93.